The molecule has 0 fully saturated rings. The van der Waals surface area contributed by atoms with Crippen molar-refractivity contribution in [3.05, 3.63) is 35.4 Å². The van der Waals surface area contributed by atoms with E-state index in [1.165, 1.54) is 13.2 Å². The molecule has 0 heterocycles. The summed E-state index contributed by atoms with van der Waals surface area (Å²) in [7, 11) is 1.53. The summed E-state index contributed by atoms with van der Waals surface area (Å²) in [4.78, 5) is 35.1. The maximum atomic E-state index is 11.9. The monoisotopic (exact) mass is 373 g/mol. The van der Waals surface area contributed by atoms with E-state index in [1.54, 1.807) is 30.3 Å². The second kappa shape index (κ2) is 11.3. The highest BCUT2D eigenvalue weighted by atomic mass is 16.5. The van der Waals surface area contributed by atoms with E-state index in [1.807, 2.05) is 19.2 Å². The second-order valence-corrected chi connectivity index (χ2v) is 6.01. The van der Waals surface area contributed by atoms with Gasteiger partial charge in [0, 0.05) is 6.54 Å². The summed E-state index contributed by atoms with van der Waals surface area (Å²) in [5, 5.41) is 13.7. The molecule has 8 nitrogen and oxygen atoms in total. The lowest BCUT2D eigenvalue weighted by molar-refractivity contribution is -0.144. The number of urea groups is 1. The van der Waals surface area contributed by atoms with Crippen molar-refractivity contribution in [1.82, 2.24) is 10.6 Å². The Morgan fingerprint density at radius 3 is 2.44 bits per heavy atom. The van der Waals surface area contributed by atoms with Gasteiger partial charge in [0.2, 0.25) is 0 Å². The standard InChI is InChI=1S/C19H23N3O5/c1-13(2)8-9-21-19(25)22-17(23)12-27-18(24)15(11-20)10-14-4-6-16(26-3)7-5-14/h4-7,10,13H,8-9,12H2,1-3H3,(H2,21,22,23,25)/b15-10+. The zero-order valence-electron chi connectivity index (χ0n) is 15.6. The number of hydrogen-bond donors (Lipinski definition) is 2. The molecule has 2 N–H and O–H groups in total. The van der Waals surface area contributed by atoms with E-state index in [9.17, 15) is 14.4 Å². The van der Waals surface area contributed by atoms with Crippen LogP contribution in [-0.4, -0.2) is 38.2 Å². The number of carbonyl (C=O) groups excluding carboxylic acids is 3. The molecule has 0 aliphatic carbocycles. The summed E-state index contributed by atoms with van der Waals surface area (Å²) in [6, 6.07) is 7.75. The summed E-state index contributed by atoms with van der Waals surface area (Å²) in [6.07, 6.45) is 2.11. The molecule has 0 atom stereocenters. The van der Waals surface area contributed by atoms with Gasteiger partial charge in [-0.05, 0) is 36.1 Å². The van der Waals surface area contributed by atoms with Gasteiger partial charge in [-0.3, -0.25) is 10.1 Å². The molecule has 1 rings (SSSR count). The van der Waals surface area contributed by atoms with E-state index < -0.39 is 24.5 Å². The fourth-order valence-corrected chi connectivity index (χ4v) is 1.89. The Morgan fingerprint density at radius 2 is 1.89 bits per heavy atom. The van der Waals surface area contributed by atoms with Crippen LogP contribution >= 0.6 is 0 Å². The molecule has 0 radical (unpaired) electrons. The molecule has 1 aromatic rings. The number of imide groups is 1. The predicted molar refractivity (Wildman–Crippen MR) is 98.5 cm³/mol. The van der Waals surface area contributed by atoms with Crippen LogP contribution in [0.3, 0.4) is 0 Å². The van der Waals surface area contributed by atoms with Gasteiger partial charge in [0.25, 0.3) is 5.91 Å². The van der Waals surface area contributed by atoms with Gasteiger partial charge < -0.3 is 14.8 Å². The van der Waals surface area contributed by atoms with Crippen molar-refractivity contribution in [2.75, 3.05) is 20.3 Å². The zero-order valence-corrected chi connectivity index (χ0v) is 15.6. The van der Waals surface area contributed by atoms with Gasteiger partial charge in [0.1, 0.15) is 17.4 Å². The highest BCUT2D eigenvalue weighted by Crippen LogP contribution is 2.14. The first kappa shape index (κ1) is 21.7. The minimum atomic E-state index is -0.955. The smallest absolute Gasteiger partial charge is 0.349 e. The highest BCUT2D eigenvalue weighted by Gasteiger charge is 2.14. The van der Waals surface area contributed by atoms with Gasteiger partial charge in [0.05, 0.1) is 7.11 Å². The first-order valence-corrected chi connectivity index (χ1v) is 8.36. The van der Waals surface area contributed by atoms with Gasteiger partial charge in [-0.2, -0.15) is 5.26 Å². The van der Waals surface area contributed by atoms with E-state index in [2.05, 4.69) is 5.32 Å². The van der Waals surface area contributed by atoms with E-state index in [4.69, 9.17) is 14.7 Å². The number of nitriles is 1. The first-order valence-electron chi connectivity index (χ1n) is 8.36. The summed E-state index contributed by atoms with van der Waals surface area (Å²) in [6.45, 7) is 3.78. The zero-order chi connectivity index (χ0) is 20.2. The number of amides is 3. The number of rotatable bonds is 8. The first-order chi connectivity index (χ1) is 12.8. The molecule has 27 heavy (non-hydrogen) atoms. The Morgan fingerprint density at radius 1 is 1.22 bits per heavy atom. The van der Waals surface area contributed by atoms with Crippen molar-refractivity contribution in [2.24, 2.45) is 5.92 Å². The number of methoxy groups -OCH3 is 1. The minimum absolute atomic E-state index is 0.269. The Hall–Kier alpha value is -3.34. The number of nitrogens with zero attached hydrogens (tertiary/aromatic N) is 1. The van der Waals surface area contributed by atoms with E-state index >= 15 is 0 Å². The van der Waals surface area contributed by atoms with Crippen LogP contribution in [0.1, 0.15) is 25.8 Å². The third kappa shape index (κ3) is 8.54. The highest BCUT2D eigenvalue weighted by molar-refractivity contribution is 6.00. The largest absolute Gasteiger partial charge is 0.497 e. The van der Waals surface area contributed by atoms with Crippen molar-refractivity contribution in [3.8, 4) is 11.8 Å². The van der Waals surface area contributed by atoms with E-state index in [0.29, 0.717) is 23.8 Å². The molecular formula is C19H23N3O5. The maximum Gasteiger partial charge on any atom is 0.349 e. The topological polar surface area (TPSA) is 118 Å². The van der Waals surface area contributed by atoms with Crippen LogP contribution in [0.25, 0.3) is 6.08 Å². The Bertz CT molecular complexity index is 733. The summed E-state index contributed by atoms with van der Waals surface area (Å²) in [5.74, 6) is -0.684. The average Bonchev–Trinajstić information content (AvgIpc) is 2.64. The third-order valence-corrected chi connectivity index (χ3v) is 3.36. The molecule has 0 saturated heterocycles. The number of ether oxygens (including phenoxy) is 2. The molecular weight excluding hydrogens is 350 g/mol. The molecule has 0 aliphatic heterocycles. The molecule has 0 aromatic heterocycles. The van der Waals surface area contributed by atoms with Crippen molar-refractivity contribution >= 4 is 24.0 Å². The van der Waals surface area contributed by atoms with Crippen molar-refractivity contribution in [3.63, 3.8) is 0 Å². The SMILES string of the molecule is COc1ccc(/C=C(\C#N)C(=O)OCC(=O)NC(=O)NCCC(C)C)cc1. The number of esters is 1. The van der Waals surface area contributed by atoms with Crippen LogP contribution in [0.2, 0.25) is 0 Å². The van der Waals surface area contributed by atoms with Crippen LogP contribution < -0.4 is 15.4 Å². The van der Waals surface area contributed by atoms with Gasteiger partial charge >= 0.3 is 12.0 Å². The Kier molecular flexibility index (Phi) is 9.09. The molecule has 0 spiro atoms. The molecule has 8 heteroatoms. The number of nitrogens with one attached hydrogen (secondary N) is 2. The summed E-state index contributed by atoms with van der Waals surface area (Å²) in [5.41, 5.74) is 0.327. The lowest BCUT2D eigenvalue weighted by atomic mass is 10.1. The quantitative estimate of drug-likeness (QED) is 0.409. The molecule has 0 saturated carbocycles. The minimum Gasteiger partial charge on any atom is -0.497 e. The van der Waals surface area contributed by atoms with Crippen LogP contribution in [0, 0.1) is 17.2 Å². The molecule has 144 valence electrons. The number of carbonyl (C=O) groups is 3. The maximum absolute atomic E-state index is 11.9. The molecule has 0 aliphatic rings. The van der Waals surface area contributed by atoms with Crippen LogP contribution in [0.5, 0.6) is 5.75 Å². The van der Waals surface area contributed by atoms with Crippen LogP contribution in [-0.2, 0) is 14.3 Å². The normalized spacial score (nSPS) is 10.7. The number of hydrogen-bond acceptors (Lipinski definition) is 6. The third-order valence-electron chi connectivity index (χ3n) is 3.36. The summed E-state index contributed by atoms with van der Waals surface area (Å²) < 4.78 is 9.80. The van der Waals surface area contributed by atoms with Crippen LogP contribution in [0.4, 0.5) is 4.79 Å². The predicted octanol–water partition coefficient (Wildman–Crippen LogP) is 2.02. The lowest BCUT2D eigenvalue weighted by Gasteiger charge is -2.08. The van der Waals surface area contributed by atoms with Crippen LogP contribution in [0.15, 0.2) is 29.8 Å². The fourth-order valence-electron chi connectivity index (χ4n) is 1.89. The van der Waals surface area contributed by atoms with Crippen molar-refractivity contribution < 1.29 is 23.9 Å². The van der Waals surface area contributed by atoms with E-state index in [-0.39, 0.29) is 5.57 Å². The average molecular weight is 373 g/mol. The Labute approximate surface area is 158 Å². The lowest BCUT2D eigenvalue weighted by Crippen LogP contribution is -2.42. The summed E-state index contributed by atoms with van der Waals surface area (Å²) >= 11 is 0. The fraction of sp³-hybridized carbons (Fsp3) is 0.368. The van der Waals surface area contributed by atoms with Crippen molar-refractivity contribution in [1.29, 1.82) is 5.26 Å². The van der Waals surface area contributed by atoms with Gasteiger partial charge in [-0.1, -0.05) is 26.0 Å². The van der Waals surface area contributed by atoms with Gasteiger partial charge in [-0.25, -0.2) is 9.59 Å². The Balaban J connectivity index is 2.50. The van der Waals surface area contributed by atoms with Gasteiger partial charge in [-0.15, -0.1) is 0 Å². The number of benzene rings is 1. The van der Waals surface area contributed by atoms with Crippen molar-refractivity contribution in [2.45, 2.75) is 20.3 Å². The molecule has 3 amide bonds. The molecule has 1 aromatic carbocycles. The van der Waals surface area contributed by atoms with E-state index in [0.717, 1.165) is 6.42 Å². The molecule has 0 unspecified atom stereocenters. The van der Waals surface area contributed by atoms with Gasteiger partial charge in [0.15, 0.2) is 6.61 Å². The molecule has 0 bridgehead atoms. The second-order valence-electron chi connectivity index (χ2n) is 6.01.